The summed E-state index contributed by atoms with van der Waals surface area (Å²) in [4.78, 5) is 30.4. The van der Waals surface area contributed by atoms with Crippen LogP contribution in [0.3, 0.4) is 0 Å². The number of carbonyl (C=O) groups excluding carboxylic acids is 2. The number of carbonyl (C=O) groups is 2. The van der Waals surface area contributed by atoms with Gasteiger partial charge in [0.2, 0.25) is 0 Å². The number of nitrogens with zero attached hydrogens (tertiary/aromatic N) is 2. The molecule has 0 bridgehead atoms. The molecule has 0 saturated carbocycles. The molecule has 0 radical (unpaired) electrons. The average Bonchev–Trinajstić information content (AvgIpc) is 3.20. The molecular formula is C19H22N2O4S. The van der Waals surface area contributed by atoms with Gasteiger partial charge in [-0.15, -0.1) is 11.3 Å². The van der Waals surface area contributed by atoms with Gasteiger partial charge >= 0.3 is 5.97 Å². The molecule has 0 spiro atoms. The van der Waals surface area contributed by atoms with Gasteiger partial charge in [0, 0.05) is 24.0 Å². The molecule has 1 aliphatic rings. The van der Waals surface area contributed by atoms with Crippen LogP contribution in [0.1, 0.15) is 35.8 Å². The lowest BCUT2D eigenvalue weighted by Gasteiger charge is -2.31. The summed E-state index contributed by atoms with van der Waals surface area (Å²) in [6, 6.07) is 7.14. The molecule has 0 N–H and O–H groups in total. The Hall–Kier alpha value is -2.41. The number of esters is 1. The van der Waals surface area contributed by atoms with Gasteiger partial charge in [0.1, 0.15) is 12.4 Å². The van der Waals surface area contributed by atoms with Gasteiger partial charge in [-0.25, -0.2) is 4.98 Å². The van der Waals surface area contributed by atoms with E-state index in [0.29, 0.717) is 50.5 Å². The van der Waals surface area contributed by atoms with E-state index < -0.39 is 0 Å². The summed E-state index contributed by atoms with van der Waals surface area (Å²) in [7, 11) is 0. The summed E-state index contributed by atoms with van der Waals surface area (Å²) < 4.78 is 10.7. The van der Waals surface area contributed by atoms with Gasteiger partial charge in [-0.3, -0.25) is 9.59 Å². The molecular weight excluding hydrogens is 352 g/mol. The third-order valence-electron chi connectivity index (χ3n) is 4.37. The highest BCUT2D eigenvalue weighted by molar-refractivity contribution is 7.07. The monoisotopic (exact) mass is 374 g/mol. The zero-order valence-electron chi connectivity index (χ0n) is 14.7. The van der Waals surface area contributed by atoms with Gasteiger partial charge in [-0.1, -0.05) is 0 Å². The first-order valence-electron chi connectivity index (χ1n) is 8.73. The van der Waals surface area contributed by atoms with E-state index in [0.717, 1.165) is 5.69 Å². The first-order chi connectivity index (χ1) is 12.7. The van der Waals surface area contributed by atoms with E-state index in [1.165, 1.54) is 11.3 Å². The van der Waals surface area contributed by atoms with Crippen molar-refractivity contribution < 1.29 is 19.1 Å². The van der Waals surface area contributed by atoms with Crippen molar-refractivity contribution in [3.8, 4) is 5.75 Å². The molecule has 26 heavy (non-hydrogen) atoms. The van der Waals surface area contributed by atoms with Gasteiger partial charge in [0.25, 0.3) is 5.91 Å². The Balaban J connectivity index is 1.51. The fraction of sp³-hybridized carbons (Fsp3) is 0.421. The fourth-order valence-corrected chi connectivity index (χ4v) is 3.46. The second-order valence-corrected chi connectivity index (χ2v) is 6.83. The number of hydrogen-bond donors (Lipinski definition) is 0. The highest BCUT2D eigenvalue weighted by Crippen LogP contribution is 2.21. The largest absolute Gasteiger partial charge is 0.487 e. The standard InChI is InChI=1S/C19H22N2O4S/c1-2-24-19(23)15-7-9-21(10-8-15)18(22)14-3-5-17(6-4-14)25-11-16-12-26-13-20-16/h3-6,12-13,15H,2,7-11H2,1H3. The van der Waals surface area contributed by atoms with E-state index in [1.54, 1.807) is 41.6 Å². The van der Waals surface area contributed by atoms with Crippen molar-refractivity contribution in [3.63, 3.8) is 0 Å². The molecule has 0 atom stereocenters. The van der Waals surface area contributed by atoms with E-state index in [4.69, 9.17) is 9.47 Å². The van der Waals surface area contributed by atoms with Crippen LogP contribution in [0.2, 0.25) is 0 Å². The summed E-state index contributed by atoms with van der Waals surface area (Å²) >= 11 is 1.53. The second kappa shape index (κ2) is 8.80. The fourth-order valence-electron chi connectivity index (χ4n) is 2.92. The maximum Gasteiger partial charge on any atom is 0.309 e. The van der Waals surface area contributed by atoms with Crippen molar-refractivity contribution in [1.29, 1.82) is 0 Å². The zero-order chi connectivity index (χ0) is 18.4. The third-order valence-corrected chi connectivity index (χ3v) is 5.01. The molecule has 1 saturated heterocycles. The van der Waals surface area contributed by atoms with Crippen LogP contribution in [0, 0.1) is 5.92 Å². The number of benzene rings is 1. The molecule has 6 nitrogen and oxygen atoms in total. The van der Waals surface area contributed by atoms with Crippen molar-refractivity contribution in [2.24, 2.45) is 5.92 Å². The number of hydrogen-bond acceptors (Lipinski definition) is 6. The zero-order valence-corrected chi connectivity index (χ0v) is 15.5. The average molecular weight is 374 g/mol. The first-order valence-corrected chi connectivity index (χ1v) is 9.67. The molecule has 138 valence electrons. The van der Waals surface area contributed by atoms with E-state index in [9.17, 15) is 9.59 Å². The summed E-state index contributed by atoms with van der Waals surface area (Å²) in [5, 5.41) is 1.94. The number of rotatable bonds is 6. The van der Waals surface area contributed by atoms with Crippen LogP contribution in [-0.2, 0) is 16.1 Å². The van der Waals surface area contributed by atoms with Gasteiger partial charge in [0.05, 0.1) is 23.7 Å². The number of amides is 1. The van der Waals surface area contributed by atoms with Crippen LogP contribution in [-0.4, -0.2) is 41.5 Å². The van der Waals surface area contributed by atoms with Crippen molar-refractivity contribution in [2.75, 3.05) is 19.7 Å². The molecule has 1 aromatic heterocycles. The maximum absolute atomic E-state index is 12.6. The van der Waals surface area contributed by atoms with Gasteiger partial charge < -0.3 is 14.4 Å². The van der Waals surface area contributed by atoms with Crippen LogP contribution in [0.4, 0.5) is 0 Å². The Bertz CT molecular complexity index is 723. The van der Waals surface area contributed by atoms with Crippen LogP contribution < -0.4 is 4.74 Å². The Labute approximate surface area is 156 Å². The Morgan fingerprint density at radius 2 is 1.96 bits per heavy atom. The molecule has 2 aromatic rings. The molecule has 7 heteroatoms. The molecule has 0 unspecified atom stereocenters. The number of likely N-dealkylation sites (tertiary alicyclic amines) is 1. The van der Waals surface area contributed by atoms with Gasteiger partial charge in [-0.05, 0) is 44.0 Å². The van der Waals surface area contributed by atoms with Crippen molar-refractivity contribution in [2.45, 2.75) is 26.4 Å². The van der Waals surface area contributed by atoms with Crippen molar-refractivity contribution in [3.05, 3.63) is 46.4 Å². The Morgan fingerprint density at radius 3 is 2.58 bits per heavy atom. The highest BCUT2D eigenvalue weighted by Gasteiger charge is 2.28. The van der Waals surface area contributed by atoms with Crippen LogP contribution in [0.15, 0.2) is 35.2 Å². The minimum absolute atomic E-state index is 0.0154. The van der Waals surface area contributed by atoms with Gasteiger partial charge in [-0.2, -0.15) is 0 Å². The quantitative estimate of drug-likeness (QED) is 0.727. The predicted octanol–water partition coefficient (Wildman–Crippen LogP) is 3.14. The predicted molar refractivity (Wildman–Crippen MR) is 98.1 cm³/mol. The van der Waals surface area contributed by atoms with E-state index in [1.807, 2.05) is 5.38 Å². The van der Waals surface area contributed by atoms with E-state index in [-0.39, 0.29) is 17.8 Å². The van der Waals surface area contributed by atoms with Crippen LogP contribution >= 0.6 is 11.3 Å². The summed E-state index contributed by atoms with van der Waals surface area (Å²) in [5.41, 5.74) is 3.28. The molecule has 1 amide bonds. The van der Waals surface area contributed by atoms with Crippen molar-refractivity contribution in [1.82, 2.24) is 9.88 Å². The lowest BCUT2D eigenvalue weighted by Crippen LogP contribution is -2.40. The third kappa shape index (κ3) is 4.60. The van der Waals surface area contributed by atoms with Gasteiger partial charge in [0.15, 0.2) is 0 Å². The minimum Gasteiger partial charge on any atom is -0.487 e. The molecule has 1 aliphatic heterocycles. The first kappa shape index (κ1) is 18.4. The summed E-state index contributed by atoms with van der Waals surface area (Å²) in [5.74, 6) is 0.440. The SMILES string of the molecule is CCOC(=O)C1CCN(C(=O)c2ccc(OCc3cscn3)cc2)CC1. The summed E-state index contributed by atoms with van der Waals surface area (Å²) in [6.45, 7) is 3.77. The highest BCUT2D eigenvalue weighted by atomic mass is 32.1. The molecule has 1 aromatic carbocycles. The lowest BCUT2D eigenvalue weighted by molar-refractivity contribution is -0.149. The molecule has 1 fully saturated rings. The number of ether oxygens (including phenoxy) is 2. The van der Waals surface area contributed by atoms with E-state index in [2.05, 4.69) is 4.98 Å². The smallest absolute Gasteiger partial charge is 0.309 e. The Kier molecular flexibility index (Phi) is 6.22. The number of piperidine rings is 1. The second-order valence-electron chi connectivity index (χ2n) is 6.11. The molecule has 0 aliphatic carbocycles. The normalized spacial score (nSPS) is 14.9. The topological polar surface area (TPSA) is 68.7 Å². The van der Waals surface area contributed by atoms with Crippen molar-refractivity contribution >= 4 is 23.2 Å². The van der Waals surface area contributed by atoms with E-state index >= 15 is 0 Å². The Morgan fingerprint density at radius 1 is 1.23 bits per heavy atom. The molecule has 3 rings (SSSR count). The van der Waals surface area contributed by atoms with Crippen LogP contribution in [0.5, 0.6) is 5.75 Å². The lowest BCUT2D eigenvalue weighted by atomic mass is 9.96. The van der Waals surface area contributed by atoms with Crippen LogP contribution in [0.25, 0.3) is 0 Å². The molecule has 2 heterocycles. The number of aromatic nitrogens is 1. The number of thiazole rings is 1. The minimum atomic E-state index is -0.152. The summed E-state index contributed by atoms with van der Waals surface area (Å²) in [6.07, 6.45) is 1.30. The maximum atomic E-state index is 12.6.